The van der Waals surface area contributed by atoms with Crippen LogP contribution < -0.4 is 5.32 Å². The number of H-pyrrole nitrogens is 1. The molecule has 1 aromatic heterocycles. The number of para-hydroxylation sites is 2. The standard InChI is InChI=1S/C14H16N4O2/c1-8(2)18-12(19)7-11(13(18)20)17-14-15-9-5-3-4-6-10(9)16-14/h3-6,8,11H,7H2,1-2H3,(H2,15,16,17). The molecule has 6 heteroatoms. The zero-order valence-corrected chi connectivity index (χ0v) is 11.4. The monoisotopic (exact) mass is 272 g/mol. The first-order valence-corrected chi connectivity index (χ1v) is 6.63. The van der Waals surface area contributed by atoms with Gasteiger partial charge in [-0.2, -0.15) is 0 Å². The summed E-state index contributed by atoms with van der Waals surface area (Å²) in [6.45, 7) is 3.67. The number of rotatable bonds is 3. The summed E-state index contributed by atoms with van der Waals surface area (Å²) in [6, 6.07) is 6.96. The molecule has 2 heterocycles. The predicted molar refractivity (Wildman–Crippen MR) is 75.1 cm³/mol. The highest BCUT2D eigenvalue weighted by Crippen LogP contribution is 2.20. The average Bonchev–Trinajstić information content (AvgIpc) is 2.90. The largest absolute Gasteiger partial charge is 0.343 e. The molecule has 1 fully saturated rings. The maximum Gasteiger partial charge on any atom is 0.252 e. The maximum absolute atomic E-state index is 12.2. The molecule has 1 atom stereocenters. The van der Waals surface area contributed by atoms with Crippen LogP contribution in [0.25, 0.3) is 11.0 Å². The Morgan fingerprint density at radius 3 is 2.75 bits per heavy atom. The van der Waals surface area contributed by atoms with Crippen molar-refractivity contribution in [3.63, 3.8) is 0 Å². The lowest BCUT2D eigenvalue weighted by Gasteiger charge is -2.18. The summed E-state index contributed by atoms with van der Waals surface area (Å²) in [7, 11) is 0. The van der Waals surface area contributed by atoms with Gasteiger partial charge in [-0.3, -0.25) is 14.5 Å². The second-order valence-electron chi connectivity index (χ2n) is 5.20. The van der Waals surface area contributed by atoms with Gasteiger partial charge in [0.25, 0.3) is 5.91 Å². The number of benzene rings is 1. The molecule has 0 radical (unpaired) electrons. The molecule has 2 N–H and O–H groups in total. The van der Waals surface area contributed by atoms with Gasteiger partial charge in [-0.15, -0.1) is 0 Å². The Labute approximate surface area is 116 Å². The minimum absolute atomic E-state index is 0.113. The fourth-order valence-corrected chi connectivity index (χ4v) is 2.49. The van der Waals surface area contributed by atoms with Crippen LogP contribution >= 0.6 is 0 Å². The maximum atomic E-state index is 12.2. The topological polar surface area (TPSA) is 78.1 Å². The lowest BCUT2D eigenvalue weighted by atomic mass is 10.2. The molecular formula is C14H16N4O2. The van der Waals surface area contributed by atoms with Crippen molar-refractivity contribution in [2.75, 3.05) is 5.32 Å². The van der Waals surface area contributed by atoms with Crippen molar-refractivity contribution < 1.29 is 9.59 Å². The van der Waals surface area contributed by atoms with Crippen LogP contribution in [0.1, 0.15) is 20.3 Å². The number of hydrogen-bond donors (Lipinski definition) is 2. The van der Waals surface area contributed by atoms with Crippen LogP contribution in [-0.2, 0) is 9.59 Å². The number of aromatic nitrogens is 2. The van der Waals surface area contributed by atoms with E-state index >= 15 is 0 Å². The van der Waals surface area contributed by atoms with E-state index in [1.165, 1.54) is 4.90 Å². The highest BCUT2D eigenvalue weighted by atomic mass is 16.2. The fraction of sp³-hybridized carbons (Fsp3) is 0.357. The molecule has 0 aliphatic carbocycles. The molecule has 1 unspecified atom stereocenters. The van der Waals surface area contributed by atoms with Gasteiger partial charge in [-0.05, 0) is 26.0 Å². The number of fused-ring (bicyclic) bond motifs is 1. The SMILES string of the molecule is CC(C)N1C(=O)CC(Nc2nc3ccccc3[nH]2)C1=O. The summed E-state index contributed by atoms with van der Waals surface area (Å²) >= 11 is 0. The Morgan fingerprint density at radius 2 is 2.10 bits per heavy atom. The number of hydrogen-bond acceptors (Lipinski definition) is 4. The van der Waals surface area contributed by atoms with Gasteiger partial charge in [0.15, 0.2) is 0 Å². The number of carbonyl (C=O) groups excluding carboxylic acids is 2. The van der Waals surface area contributed by atoms with Crippen molar-refractivity contribution in [3.8, 4) is 0 Å². The molecule has 3 rings (SSSR count). The molecule has 1 saturated heterocycles. The van der Waals surface area contributed by atoms with Crippen LogP contribution in [0.2, 0.25) is 0 Å². The number of carbonyl (C=O) groups is 2. The summed E-state index contributed by atoms with van der Waals surface area (Å²) in [5, 5.41) is 3.02. The van der Waals surface area contributed by atoms with E-state index in [-0.39, 0.29) is 24.3 Å². The molecule has 2 amide bonds. The number of imide groups is 1. The third-order valence-electron chi connectivity index (χ3n) is 3.40. The molecule has 6 nitrogen and oxygen atoms in total. The first kappa shape index (κ1) is 12.7. The third-order valence-corrected chi connectivity index (χ3v) is 3.40. The summed E-state index contributed by atoms with van der Waals surface area (Å²) in [5.74, 6) is 0.187. The normalized spacial score (nSPS) is 19.4. The van der Waals surface area contributed by atoms with E-state index in [1.54, 1.807) is 0 Å². The van der Waals surface area contributed by atoms with E-state index in [9.17, 15) is 9.59 Å². The molecule has 0 spiro atoms. The van der Waals surface area contributed by atoms with Crippen molar-refractivity contribution in [2.45, 2.75) is 32.4 Å². The van der Waals surface area contributed by atoms with Crippen LogP contribution in [-0.4, -0.2) is 38.8 Å². The van der Waals surface area contributed by atoms with Gasteiger partial charge < -0.3 is 10.3 Å². The minimum atomic E-state index is -0.537. The Morgan fingerprint density at radius 1 is 1.35 bits per heavy atom. The fourth-order valence-electron chi connectivity index (χ4n) is 2.49. The molecule has 1 aliphatic rings. The number of amides is 2. The summed E-state index contributed by atoms with van der Waals surface area (Å²) < 4.78 is 0. The number of imidazole rings is 1. The van der Waals surface area contributed by atoms with Crippen molar-refractivity contribution in [1.29, 1.82) is 0 Å². The Hall–Kier alpha value is -2.37. The smallest absolute Gasteiger partial charge is 0.252 e. The first-order chi connectivity index (χ1) is 9.56. The van der Waals surface area contributed by atoms with Crippen LogP contribution in [0, 0.1) is 0 Å². The number of nitrogens with zero attached hydrogens (tertiary/aromatic N) is 2. The molecule has 0 saturated carbocycles. The van der Waals surface area contributed by atoms with E-state index in [4.69, 9.17) is 0 Å². The van der Waals surface area contributed by atoms with Crippen molar-refractivity contribution in [3.05, 3.63) is 24.3 Å². The molecule has 1 aliphatic heterocycles. The van der Waals surface area contributed by atoms with E-state index in [1.807, 2.05) is 38.1 Å². The predicted octanol–water partition coefficient (Wildman–Crippen LogP) is 1.51. The molecule has 0 bridgehead atoms. The third kappa shape index (κ3) is 2.03. The number of likely N-dealkylation sites (tertiary alicyclic amines) is 1. The molecule has 1 aromatic carbocycles. The average molecular weight is 272 g/mol. The van der Waals surface area contributed by atoms with Crippen LogP contribution in [0.3, 0.4) is 0 Å². The van der Waals surface area contributed by atoms with E-state index in [2.05, 4.69) is 15.3 Å². The van der Waals surface area contributed by atoms with E-state index in [0.29, 0.717) is 5.95 Å². The van der Waals surface area contributed by atoms with Gasteiger partial charge in [0.1, 0.15) is 6.04 Å². The summed E-state index contributed by atoms with van der Waals surface area (Å²) in [4.78, 5) is 32.8. The summed E-state index contributed by atoms with van der Waals surface area (Å²) in [6.07, 6.45) is 0.175. The van der Waals surface area contributed by atoms with Crippen LogP contribution in [0.5, 0.6) is 0 Å². The number of aromatic amines is 1. The zero-order chi connectivity index (χ0) is 14.3. The van der Waals surface area contributed by atoms with Gasteiger partial charge in [0.2, 0.25) is 11.9 Å². The lowest BCUT2D eigenvalue weighted by Crippen LogP contribution is -2.39. The van der Waals surface area contributed by atoms with E-state index in [0.717, 1.165) is 11.0 Å². The Kier molecular flexibility index (Phi) is 2.93. The Balaban J connectivity index is 1.81. The summed E-state index contributed by atoms with van der Waals surface area (Å²) in [5.41, 5.74) is 1.72. The van der Waals surface area contributed by atoms with Gasteiger partial charge in [0, 0.05) is 6.04 Å². The van der Waals surface area contributed by atoms with Crippen molar-refractivity contribution in [2.24, 2.45) is 0 Å². The van der Waals surface area contributed by atoms with Crippen LogP contribution in [0.15, 0.2) is 24.3 Å². The highest BCUT2D eigenvalue weighted by molar-refractivity contribution is 6.07. The van der Waals surface area contributed by atoms with Gasteiger partial charge in [-0.25, -0.2) is 4.98 Å². The van der Waals surface area contributed by atoms with Crippen molar-refractivity contribution >= 4 is 28.8 Å². The highest BCUT2D eigenvalue weighted by Gasteiger charge is 2.40. The first-order valence-electron chi connectivity index (χ1n) is 6.63. The number of anilines is 1. The molecular weight excluding hydrogens is 256 g/mol. The van der Waals surface area contributed by atoms with Gasteiger partial charge >= 0.3 is 0 Å². The van der Waals surface area contributed by atoms with E-state index < -0.39 is 6.04 Å². The quantitative estimate of drug-likeness (QED) is 0.830. The molecule has 20 heavy (non-hydrogen) atoms. The number of nitrogens with one attached hydrogen (secondary N) is 2. The molecule has 104 valence electrons. The zero-order valence-electron chi connectivity index (χ0n) is 11.4. The minimum Gasteiger partial charge on any atom is -0.343 e. The van der Waals surface area contributed by atoms with Crippen molar-refractivity contribution in [1.82, 2.24) is 14.9 Å². The second kappa shape index (κ2) is 4.63. The lowest BCUT2D eigenvalue weighted by molar-refractivity contribution is -0.140. The van der Waals surface area contributed by atoms with Crippen LogP contribution in [0.4, 0.5) is 5.95 Å². The van der Waals surface area contributed by atoms with Gasteiger partial charge in [0.05, 0.1) is 17.5 Å². The Bertz CT molecular complexity index is 644. The second-order valence-corrected chi connectivity index (χ2v) is 5.20. The molecule has 2 aromatic rings. The van der Waals surface area contributed by atoms with Gasteiger partial charge in [-0.1, -0.05) is 12.1 Å².